The largest absolute Gasteiger partial charge is 0.458 e. The Bertz CT molecular complexity index is 1380. The first-order valence-electron chi connectivity index (χ1n) is 17.8. The van der Waals surface area contributed by atoms with Gasteiger partial charge in [-0.1, -0.05) is 101 Å². The Hall–Kier alpha value is -3.88. The Balaban J connectivity index is 2.67. The molecule has 9 heteroatoms. The van der Waals surface area contributed by atoms with Crippen LogP contribution < -0.4 is 10.6 Å². The van der Waals surface area contributed by atoms with Crippen molar-refractivity contribution in [3.05, 3.63) is 70.8 Å². The molecule has 0 radical (unpaired) electrons. The lowest BCUT2D eigenvalue weighted by Crippen LogP contribution is -2.56. The third-order valence-electron chi connectivity index (χ3n) is 7.97. The topological polar surface area (TPSA) is 114 Å². The van der Waals surface area contributed by atoms with Crippen LogP contribution in [0.15, 0.2) is 48.5 Å². The van der Waals surface area contributed by atoms with Crippen molar-refractivity contribution < 1.29 is 28.7 Å². The number of hydrogen-bond donors (Lipinski definition) is 2. The summed E-state index contributed by atoms with van der Waals surface area (Å²) in [6, 6.07) is 12.2. The van der Waals surface area contributed by atoms with Gasteiger partial charge in [-0.05, 0) is 84.4 Å². The van der Waals surface area contributed by atoms with Crippen LogP contribution in [0.1, 0.15) is 123 Å². The van der Waals surface area contributed by atoms with Gasteiger partial charge in [0.15, 0.2) is 0 Å². The molecular formula is C40H61N3O6. The van der Waals surface area contributed by atoms with Gasteiger partial charge < -0.3 is 25.0 Å². The lowest BCUT2D eigenvalue weighted by Gasteiger charge is -2.37. The number of nitrogens with zero attached hydrogens (tertiary/aromatic N) is 1. The zero-order valence-corrected chi connectivity index (χ0v) is 31.8. The van der Waals surface area contributed by atoms with Gasteiger partial charge in [0.25, 0.3) is 0 Å². The molecule has 2 rings (SSSR count). The fraction of sp³-hybridized carbons (Fsp3) is 0.600. The number of amides is 3. The predicted octanol–water partition coefficient (Wildman–Crippen LogP) is 7.76. The first-order chi connectivity index (χ1) is 22.8. The van der Waals surface area contributed by atoms with Crippen LogP contribution in [0.25, 0.3) is 0 Å². The lowest BCUT2D eigenvalue weighted by molar-refractivity contribution is -0.159. The molecular weight excluding hydrogens is 618 g/mol. The minimum absolute atomic E-state index is 0.209. The summed E-state index contributed by atoms with van der Waals surface area (Å²) < 4.78 is 11.3. The van der Waals surface area contributed by atoms with Gasteiger partial charge >= 0.3 is 12.1 Å². The Kier molecular flexibility index (Phi) is 15.8. The molecule has 3 unspecified atom stereocenters. The monoisotopic (exact) mass is 679 g/mol. The Morgan fingerprint density at radius 3 is 1.98 bits per heavy atom. The van der Waals surface area contributed by atoms with Crippen molar-refractivity contribution in [2.45, 2.75) is 144 Å². The third-order valence-corrected chi connectivity index (χ3v) is 7.97. The molecule has 0 saturated heterocycles. The van der Waals surface area contributed by atoms with Gasteiger partial charge in [-0.2, -0.15) is 0 Å². The number of hydrogen-bond acceptors (Lipinski definition) is 6. The van der Waals surface area contributed by atoms with Crippen molar-refractivity contribution in [2.24, 2.45) is 5.92 Å². The van der Waals surface area contributed by atoms with E-state index in [1.807, 2.05) is 76.2 Å². The zero-order chi connectivity index (χ0) is 36.9. The SMILES string of the molecule is CCCCCCCN(C(=O)C(NC(=O)OC(C)(C)C)C(C)C)C(C(=O)NC(Cc1ccccc1)C(=O)OC(C)(C)C)c1cc(C)ccc1C. The molecule has 0 bridgehead atoms. The molecule has 0 heterocycles. The Morgan fingerprint density at radius 1 is 0.796 bits per heavy atom. The number of unbranched alkanes of at least 4 members (excludes halogenated alkanes) is 4. The Morgan fingerprint density at radius 2 is 1.41 bits per heavy atom. The van der Waals surface area contributed by atoms with Crippen LogP contribution in [0.3, 0.4) is 0 Å². The number of carbonyl (C=O) groups is 4. The van der Waals surface area contributed by atoms with Gasteiger partial charge in [0.05, 0.1) is 0 Å². The van der Waals surface area contributed by atoms with Gasteiger partial charge in [0, 0.05) is 13.0 Å². The summed E-state index contributed by atoms with van der Waals surface area (Å²) in [7, 11) is 0. The quantitative estimate of drug-likeness (QED) is 0.139. The molecule has 0 spiro atoms. The summed E-state index contributed by atoms with van der Waals surface area (Å²) in [4.78, 5) is 57.6. The van der Waals surface area contributed by atoms with Gasteiger partial charge in [0.2, 0.25) is 11.8 Å². The maximum absolute atomic E-state index is 14.7. The van der Waals surface area contributed by atoms with Gasteiger partial charge in [-0.3, -0.25) is 9.59 Å². The molecule has 0 aliphatic rings. The molecule has 9 nitrogen and oxygen atoms in total. The van der Waals surface area contributed by atoms with Crippen LogP contribution in [0, 0.1) is 19.8 Å². The smallest absolute Gasteiger partial charge is 0.408 e. The molecule has 2 aromatic rings. The molecule has 272 valence electrons. The van der Waals surface area contributed by atoms with Crippen LogP contribution in [0.4, 0.5) is 4.79 Å². The van der Waals surface area contributed by atoms with Crippen molar-refractivity contribution in [2.75, 3.05) is 6.54 Å². The van der Waals surface area contributed by atoms with Crippen LogP contribution >= 0.6 is 0 Å². The lowest BCUT2D eigenvalue weighted by atomic mass is 9.94. The zero-order valence-electron chi connectivity index (χ0n) is 31.8. The van der Waals surface area contributed by atoms with Gasteiger partial charge in [0.1, 0.15) is 29.3 Å². The number of benzene rings is 2. The second-order valence-corrected chi connectivity index (χ2v) is 15.4. The summed E-state index contributed by atoms with van der Waals surface area (Å²) in [5, 5.41) is 5.79. The average molecular weight is 680 g/mol. The van der Waals surface area contributed by atoms with Crippen molar-refractivity contribution in [3.8, 4) is 0 Å². The second kappa shape index (κ2) is 18.8. The van der Waals surface area contributed by atoms with Crippen molar-refractivity contribution in [1.82, 2.24) is 15.5 Å². The molecule has 2 N–H and O–H groups in total. The number of esters is 1. The highest BCUT2D eigenvalue weighted by Crippen LogP contribution is 2.29. The third kappa shape index (κ3) is 14.2. The van der Waals surface area contributed by atoms with E-state index in [2.05, 4.69) is 17.6 Å². The maximum Gasteiger partial charge on any atom is 0.408 e. The summed E-state index contributed by atoms with van der Waals surface area (Å²) in [6.45, 7) is 20.6. The molecule has 0 aliphatic heterocycles. The van der Waals surface area contributed by atoms with Crippen LogP contribution in [-0.2, 0) is 30.3 Å². The molecule has 2 aromatic carbocycles. The van der Waals surface area contributed by atoms with E-state index < -0.39 is 53.2 Å². The first-order valence-corrected chi connectivity index (χ1v) is 17.8. The summed E-state index contributed by atoms with van der Waals surface area (Å²) >= 11 is 0. The Labute approximate surface area is 294 Å². The van der Waals surface area contributed by atoms with Gasteiger partial charge in [-0.15, -0.1) is 0 Å². The number of nitrogens with one attached hydrogen (secondary N) is 2. The van der Waals surface area contributed by atoms with Crippen molar-refractivity contribution in [1.29, 1.82) is 0 Å². The summed E-state index contributed by atoms with van der Waals surface area (Å²) in [5.41, 5.74) is 1.72. The number of ether oxygens (including phenoxy) is 2. The standard InChI is InChI=1S/C40H61N3O6/c1-12-13-14-15-19-24-43(36(45)33(27(2)3)42-38(47)49-40(9,10)11)34(31-25-28(4)22-23-29(31)5)35(44)41-32(37(46)48-39(6,7)8)26-30-20-17-16-18-21-30/h16-18,20-23,25,27,32-34H,12-15,19,24,26H2,1-11H3,(H,41,44)(H,42,47). The van der Waals surface area contributed by atoms with E-state index in [0.717, 1.165) is 42.4 Å². The highest BCUT2D eigenvalue weighted by Gasteiger charge is 2.39. The molecule has 0 aromatic heterocycles. The normalized spacial score (nSPS) is 13.6. The van der Waals surface area contributed by atoms with E-state index in [1.165, 1.54) is 0 Å². The number of carbonyl (C=O) groups excluding carboxylic acids is 4. The minimum Gasteiger partial charge on any atom is -0.458 e. The highest BCUT2D eigenvalue weighted by atomic mass is 16.6. The molecule has 3 atom stereocenters. The van der Waals surface area contributed by atoms with Crippen molar-refractivity contribution in [3.63, 3.8) is 0 Å². The predicted molar refractivity (Wildman–Crippen MR) is 195 cm³/mol. The van der Waals surface area contributed by atoms with E-state index in [-0.39, 0.29) is 18.9 Å². The fourth-order valence-electron chi connectivity index (χ4n) is 5.55. The van der Waals surface area contributed by atoms with Gasteiger partial charge in [-0.25, -0.2) is 9.59 Å². The summed E-state index contributed by atoms with van der Waals surface area (Å²) in [5.74, 6) is -1.76. The molecule has 0 saturated carbocycles. The van der Waals surface area contributed by atoms with E-state index in [9.17, 15) is 19.2 Å². The molecule has 0 fully saturated rings. The molecule has 49 heavy (non-hydrogen) atoms. The molecule has 0 aliphatic carbocycles. The van der Waals surface area contributed by atoms with Crippen molar-refractivity contribution >= 4 is 23.9 Å². The van der Waals surface area contributed by atoms with E-state index in [0.29, 0.717) is 12.0 Å². The van der Waals surface area contributed by atoms with E-state index >= 15 is 0 Å². The maximum atomic E-state index is 14.7. The number of rotatable bonds is 16. The highest BCUT2D eigenvalue weighted by molar-refractivity contribution is 5.94. The average Bonchev–Trinajstić information content (AvgIpc) is 2.98. The number of aryl methyl sites for hydroxylation is 2. The molecule has 3 amide bonds. The number of alkyl carbamates (subject to hydrolysis) is 1. The van der Waals surface area contributed by atoms with Crippen LogP contribution in [0.2, 0.25) is 0 Å². The van der Waals surface area contributed by atoms with E-state index in [4.69, 9.17) is 9.47 Å². The van der Waals surface area contributed by atoms with Crippen LogP contribution in [0.5, 0.6) is 0 Å². The summed E-state index contributed by atoms with van der Waals surface area (Å²) in [6.07, 6.45) is 4.18. The van der Waals surface area contributed by atoms with E-state index in [1.54, 1.807) is 46.4 Å². The fourth-order valence-corrected chi connectivity index (χ4v) is 5.55. The minimum atomic E-state index is -1.08. The second-order valence-electron chi connectivity index (χ2n) is 15.4. The van der Waals surface area contributed by atoms with Crippen LogP contribution in [-0.4, -0.2) is 58.6 Å². The first kappa shape index (κ1) is 41.3.